The van der Waals surface area contributed by atoms with Crippen molar-refractivity contribution in [2.75, 3.05) is 28.4 Å². The molecule has 1 aliphatic heterocycles. The first-order valence-electron chi connectivity index (χ1n) is 12.6. The van der Waals surface area contributed by atoms with E-state index in [1.165, 1.54) is 22.6 Å². The molecule has 1 aliphatic rings. The lowest BCUT2D eigenvalue weighted by Crippen LogP contribution is -2.42. The van der Waals surface area contributed by atoms with E-state index in [9.17, 15) is 0 Å². The van der Waals surface area contributed by atoms with E-state index < -0.39 is 14.7 Å². The maximum absolute atomic E-state index is 15.0. The van der Waals surface area contributed by atoms with Crippen LogP contribution in [-0.2, 0) is 18.6 Å². The Morgan fingerprint density at radius 1 is 0.951 bits per heavy atom. The number of pyridine rings is 1. The molecule has 0 aliphatic carbocycles. The lowest BCUT2D eigenvalue weighted by Gasteiger charge is -2.40. The van der Waals surface area contributed by atoms with Crippen molar-refractivity contribution in [1.29, 1.82) is 0 Å². The topological polar surface area (TPSA) is 65.4 Å². The van der Waals surface area contributed by atoms with Crippen molar-refractivity contribution in [3.63, 3.8) is 0 Å². The first kappa shape index (κ1) is 31.6. The van der Waals surface area contributed by atoms with Gasteiger partial charge in [0.1, 0.15) is 28.5 Å². The van der Waals surface area contributed by atoms with Gasteiger partial charge in [-0.05, 0) is 72.3 Å². The van der Waals surface area contributed by atoms with E-state index in [0.29, 0.717) is 46.9 Å². The number of alkyl halides is 3. The molecular formula is C29H31BrF2IN3O4S. The highest BCUT2D eigenvalue weighted by Crippen LogP contribution is 2.48. The van der Waals surface area contributed by atoms with Gasteiger partial charge in [0, 0.05) is 47.0 Å². The first-order chi connectivity index (χ1) is 19.5. The molecule has 0 fully saturated rings. The Kier molecular flexibility index (Phi) is 10.3. The number of halogens is 4. The minimum atomic E-state index is -2.99. The number of ether oxygens (including phenoxy) is 4. The van der Waals surface area contributed by atoms with Crippen LogP contribution in [0.25, 0.3) is 0 Å². The number of benzene rings is 2. The fourth-order valence-electron chi connectivity index (χ4n) is 4.57. The van der Waals surface area contributed by atoms with Crippen LogP contribution >= 0.6 is 50.3 Å². The minimum Gasteiger partial charge on any atom is -0.497 e. The number of aromatic nitrogens is 1. The Morgan fingerprint density at radius 3 is 1.98 bits per heavy atom. The lowest BCUT2D eigenvalue weighted by molar-refractivity contribution is 0.111. The molecule has 12 heteroatoms. The molecule has 2 atom stereocenters. The average molecular weight is 762 g/mol. The third-order valence-corrected chi connectivity index (χ3v) is 9.77. The molecule has 0 amide bonds. The van der Waals surface area contributed by atoms with E-state index in [4.69, 9.17) is 23.9 Å². The number of hydrogen-bond acceptors (Lipinski definition) is 8. The molecule has 0 spiro atoms. The normalized spacial score (nSPS) is 18.9. The summed E-state index contributed by atoms with van der Waals surface area (Å²) >= 11 is 5.80. The van der Waals surface area contributed by atoms with Crippen LogP contribution in [-0.4, -0.2) is 52.7 Å². The van der Waals surface area contributed by atoms with E-state index in [1.54, 1.807) is 52.8 Å². The summed E-state index contributed by atoms with van der Waals surface area (Å²) < 4.78 is 50.0. The van der Waals surface area contributed by atoms with E-state index in [2.05, 4.69) is 20.9 Å². The molecule has 2 aromatic carbocycles. The van der Waals surface area contributed by atoms with Gasteiger partial charge in [-0.25, -0.2) is 4.99 Å². The minimum absolute atomic E-state index is 0.117. The molecule has 0 saturated carbocycles. The number of methoxy groups -OCH3 is 4. The zero-order valence-corrected chi connectivity index (χ0v) is 27.8. The number of rotatable bonds is 10. The molecule has 41 heavy (non-hydrogen) atoms. The monoisotopic (exact) mass is 761 g/mol. The summed E-state index contributed by atoms with van der Waals surface area (Å²) in [4.78, 5) is 11.6. The van der Waals surface area contributed by atoms with Crippen LogP contribution in [0, 0.1) is 0 Å². The van der Waals surface area contributed by atoms with E-state index in [0.717, 1.165) is 27.4 Å². The SMILES string of the molecule is COc1ccc(CN(Cc2ccc(OC)cc2OC)C2=N[C@](C)(c3cc(Br)ccn3)C[C@@H](C(F)(F)I)S2)c(OC)c1. The smallest absolute Gasteiger partial charge is 0.308 e. The van der Waals surface area contributed by atoms with Gasteiger partial charge in [0.2, 0.25) is 0 Å². The largest absolute Gasteiger partial charge is 0.497 e. The van der Waals surface area contributed by atoms with Crippen LogP contribution < -0.4 is 18.9 Å². The molecule has 0 unspecified atom stereocenters. The Labute approximate surface area is 265 Å². The zero-order chi connectivity index (χ0) is 29.8. The number of amidine groups is 1. The molecule has 0 radical (unpaired) electrons. The number of thioether (sulfide) groups is 1. The summed E-state index contributed by atoms with van der Waals surface area (Å²) in [6.45, 7) is 2.52. The third kappa shape index (κ3) is 7.56. The molecular weight excluding hydrogens is 731 g/mol. The maximum atomic E-state index is 15.0. The highest BCUT2D eigenvalue weighted by Gasteiger charge is 2.48. The first-order valence-corrected chi connectivity index (χ1v) is 15.4. The van der Waals surface area contributed by atoms with Crippen molar-refractivity contribution in [2.45, 2.75) is 41.2 Å². The van der Waals surface area contributed by atoms with Crippen LogP contribution in [0.3, 0.4) is 0 Å². The Bertz CT molecular complexity index is 1350. The van der Waals surface area contributed by atoms with Gasteiger partial charge >= 0.3 is 3.93 Å². The van der Waals surface area contributed by atoms with Crippen LogP contribution in [0.15, 0.2) is 64.2 Å². The van der Waals surface area contributed by atoms with Crippen molar-refractivity contribution in [3.05, 3.63) is 76.0 Å². The predicted octanol–water partition coefficient (Wildman–Crippen LogP) is 7.69. The van der Waals surface area contributed by atoms with E-state index in [1.807, 2.05) is 42.2 Å². The maximum Gasteiger partial charge on any atom is 0.308 e. The fraction of sp³-hybridized carbons (Fsp3) is 0.379. The van der Waals surface area contributed by atoms with Gasteiger partial charge in [0.15, 0.2) is 5.17 Å². The molecule has 3 aromatic rings. The van der Waals surface area contributed by atoms with Crippen molar-refractivity contribution in [2.24, 2.45) is 4.99 Å². The molecule has 4 rings (SSSR count). The van der Waals surface area contributed by atoms with Crippen LogP contribution in [0.4, 0.5) is 8.78 Å². The molecule has 7 nitrogen and oxygen atoms in total. The van der Waals surface area contributed by atoms with Gasteiger partial charge < -0.3 is 23.8 Å². The predicted molar refractivity (Wildman–Crippen MR) is 170 cm³/mol. The number of nitrogens with zero attached hydrogens (tertiary/aromatic N) is 3. The zero-order valence-electron chi connectivity index (χ0n) is 23.3. The van der Waals surface area contributed by atoms with Crippen molar-refractivity contribution in [3.8, 4) is 23.0 Å². The van der Waals surface area contributed by atoms with Gasteiger partial charge in [-0.2, -0.15) is 8.78 Å². The van der Waals surface area contributed by atoms with Gasteiger partial charge in [0.05, 0.1) is 39.4 Å². The Balaban J connectivity index is 1.85. The molecule has 2 heterocycles. The second-order valence-corrected chi connectivity index (χ2v) is 13.1. The highest BCUT2D eigenvalue weighted by molar-refractivity contribution is 14.1. The quantitative estimate of drug-likeness (QED) is 0.155. The number of hydrogen-bond donors (Lipinski definition) is 0. The summed E-state index contributed by atoms with van der Waals surface area (Å²) in [5, 5.41) is -0.572. The van der Waals surface area contributed by atoms with Gasteiger partial charge in [-0.3, -0.25) is 4.98 Å². The second-order valence-electron chi connectivity index (χ2n) is 9.59. The summed E-state index contributed by atoms with van der Waals surface area (Å²) in [5.74, 6) is 2.53. The van der Waals surface area contributed by atoms with E-state index in [-0.39, 0.29) is 6.42 Å². The van der Waals surface area contributed by atoms with Crippen LogP contribution in [0.5, 0.6) is 23.0 Å². The second kappa shape index (κ2) is 13.3. The third-order valence-electron chi connectivity index (χ3n) is 6.79. The molecule has 0 N–H and O–H groups in total. The summed E-state index contributed by atoms with van der Waals surface area (Å²) in [6, 6.07) is 14.7. The standard InChI is InChI=1S/C29H31BrF2IN3O4S/c1-28(25-12-20(30)10-11-34-25)15-26(29(31,32)33)41-27(35-28)36(16-18-6-8-21(37-2)13-23(18)39-4)17-19-7-9-22(38-3)14-24(19)40-5/h6-14,26H,15-17H2,1-5H3/t26-,28-/m0/s1. The average Bonchev–Trinajstić information content (AvgIpc) is 2.96. The van der Waals surface area contributed by atoms with Crippen molar-refractivity contribution < 1.29 is 27.7 Å². The summed E-state index contributed by atoms with van der Waals surface area (Å²) in [5.41, 5.74) is 1.30. The number of aliphatic imine (C=N–C) groups is 1. The van der Waals surface area contributed by atoms with Crippen LogP contribution in [0.2, 0.25) is 0 Å². The summed E-state index contributed by atoms with van der Waals surface area (Å²) in [7, 11) is 6.35. The molecule has 0 bridgehead atoms. The Hall–Kier alpha value is -2.32. The summed E-state index contributed by atoms with van der Waals surface area (Å²) in [6.07, 6.45) is 1.77. The highest BCUT2D eigenvalue weighted by atomic mass is 127. The fourth-order valence-corrected chi connectivity index (χ4v) is 6.83. The molecule has 1 aromatic heterocycles. The Morgan fingerprint density at radius 2 is 1.51 bits per heavy atom. The van der Waals surface area contributed by atoms with Gasteiger partial charge in [-0.15, -0.1) is 0 Å². The van der Waals surface area contributed by atoms with E-state index >= 15 is 8.78 Å². The van der Waals surface area contributed by atoms with Gasteiger partial charge in [-0.1, -0.05) is 27.7 Å². The van der Waals surface area contributed by atoms with Crippen LogP contribution in [0.1, 0.15) is 30.2 Å². The lowest BCUT2D eigenvalue weighted by atomic mass is 9.91. The molecule has 0 saturated heterocycles. The molecule has 220 valence electrons. The van der Waals surface area contributed by atoms with Gasteiger partial charge in [0.25, 0.3) is 0 Å². The van der Waals surface area contributed by atoms with Crippen molar-refractivity contribution >= 4 is 55.5 Å². The van der Waals surface area contributed by atoms with Crippen molar-refractivity contribution in [1.82, 2.24) is 9.88 Å².